The molecule has 2 aromatic rings. The second-order valence-electron chi connectivity index (χ2n) is 2.64. The second kappa shape index (κ2) is 4.28. The molecule has 0 saturated heterocycles. The molecule has 14 heavy (non-hydrogen) atoms. The Morgan fingerprint density at radius 3 is 2.07 bits per heavy atom. The maximum Gasteiger partial charge on any atom is 0.106 e. The molecule has 0 atom stereocenters. The van der Waals surface area contributed by atoms with Crippen LogP contribution in [0.3, 0.4) is 0 Å². The third kappa shape index (κ3) is 1.80. The van der Waals surface area contributed by atoms with Crippen molar-refractivity contribution in [3.8, 4) is 0 Å². The van der Waals surface area contributed by atoms with Crippen LogP contribution >= 0.6 is 22.7 Å². The zero-order chi connectivity index (χ0) is 9.80. The number of nitrogens with zero attached hydrogens (tertiary/aromatic N) is 3. The number of azide groups is 1. The third-order valence-corrected chi connectivity index (χ3v) is 3.64. The summed E-state index contributed by atoms with van der Waals surface area (Å²) >= 11 is 3.22. The lowest BCUT2D eigenvalue weighted by atomic mass is 10.2. The van der Waals surface area contributed by atoms with E-state index in [1.165, 1.54) is 0 Å². The van der Waals surface area contributed by atoms with Gasteiger partial charge < -0.3 is 0 Å². The summed E-state index contributed by atoms with van der Waals surface area (Å²) in [6.07, 6.45) is 0. The molecule has 0 saturated carbocycles. The van der Waals surface area contributed by atoms with Crippen LogP contribution in [0.1, 0.15) is 15.8 Å². The SMILES string of the molecule is [N-]=[N+]=NC(c1cccs1)c1cccs1. The quantitative estimate of drug-likeness (QED) is 0.423. The van der Waals surface area contributed by atoms with Crippen molar-refractivity contribution in [1.82, 2.24) is 0 Å². The highest BCUT2D eigenvalue weighted by atomic mass is 32.1. The number of thiophene rings is 2. The molecule has 0 unspecified atom stereocenters. The van der Waals surface area contributed by atoms with Crippen LogP contribution in [0.2, 0.25) is 0 Å². The van der Waals surface area contributed by atoms with E-state index in [9.17, 15) is 0 Å². The Balaban J connectivity index is 2.39. The molecule has 5 heteroatoms. The van der Waals surface area contributed by atoms with E-state index in [1.54, 1.807) is 22.7 Å². The molecule has 0 amide bonds. The first-order valence-corrected chi connectivity index (χ1v) is 5.79. The molecule has 0 bridgehead atoms. The largest absolute Gasteiger partial charge is 0.148 e. The van der Waals surface area contributed by atoms with Gasteiger partial charge in [-0.25, -0.2) is 0 Å². The summed E-state index contributed by atoms with van der Waals surface area (Å²) in [5, 5.41) is 7.79. The third-order valence-electron chi connectivity index (χ3n) is 1.79. The van der Waals surface area contributed by atoms with Crippen LogP contribution in [0.5, 0.6) is 0 Å². The minimum absolute atomic E-state index is 0.153. The zero-order valence-corrected chi connectivity index (χ0v) is 8.83. The van der Waals surface area contributed by atoms with E-state index < -0.39 is 0 Å². The molecule has 0 N–H and O–H groups in total. The fraction of sp³-hybridized carbons (Fsp3) is 0.111. The van der Waals surface area contributed by atoms with Crippen LogP contribution in [0, 0.1) is 0 Å². The van der Waals surface area contributed by atoms with Crippen LogP contribution < -0.4 is 0 Å². The molecule has 0 aliphatic carbocycles. The normalized spacial score (nSPS) is 10.1. The highest BCUT2D eigenvalue weighted by Crippen LogP contribution is 2.32. The molecule has 0 spiro atoms. The van der Waals surface area contributed by atoms with Gasteiger partial charge in [-0.15, -0.1) is 22.7 Å². The summed E-state index contributed by atoms with van der Waals surface area (Å²) in [5.41, 5.74) is 8.50. The van der Waals surface area contributed by atoms with Crippen LogP contribution in [0.4, 0.5) is 0 Å². The van der Waals surface area contributed by atoms with Gasteiger partial charge in [-0.2, -0.15) is 0 Å². The summed E-state index contributed by atoms with van der Waals surface area (Å²) in [5.74, 6) is 0. The van der Waals surface area contributed by atoms with E-state index in [0.29, 0.717) is 0 Å². The van der Waals surface area contributed by atoms with Crippen LogP contribution in [-0.2, 0) is 0 Å². The Hall–Kier alpha value is -1.29. The predicted octanol–water partition coefficient (Wildman–Crippen LogP) is 4.21. The Morgan fingerprint density at radius 2 is 1.71 bits per heavy atom. The summed E-state index contributed by atoms with van der Waals surface area (Å²) in [7, 11) is 0. The average molecular weight is 221 g/mol. The van der Waals surface area contributed by atoms with Crippen molar-refractivity contribution in [3.63, 3.8) is 0 Å². The lowest BCUT2D eigenvalue weighted by Crippen LogP contribution is -1.89. The molecule has 0 aliphatic rings. The fourth-order valence-electron chi connectivity index (χ4n) is 1.20. The molecule has 0 radical (unpaired) electrons. The summed E-state index contributed by atoms with van der Waals surface area (Å²) in [6.45, 7) is 0. The van der Waals surface area contributed by atoms with Gasteiger partial charge in [-0.1, -0.05) is 17.2 Å². The van der Waals surface area contributed by atoms with Gasteiger partial charge in [0.05, 0.1) is 0 Å². The van der Waals surface area contributed by atoms with E-state index in [-0.39, 0.29) is 6.04 Å². The van der Waals surface area contributed by atoms with Crippen molar-refractivity contribution in [2.24, 2.45) is 5.11 Å². The van der Waals surface area contributed by atoms with E-state index in [4.69, 9.17) is 5.53 Å². The van der Waals surface area contributed by atoms with Gasteiger partial charge in [0.1, 0.15) is 6.04 Å². The maximum absolute atomic E-state index is 8.50. The van der Waals surface area contributed by atoms with Gasteiger partial charge in [0.15, 0.2) is 0 Å². The Kier molecular flexibility index (Phi) is 2.84. The minimum Gasteiger partial charge on any atom is -0.148 e. The van der Waals surface area contributed by atoms with Crippen LogP contribution in [0.15, 0.2) is 40.1 Å². The Labute approximate surface area is 89.3 Å². The average Bonchev–Trinajstić information content (AvgIpc) is 2.87. The summed E-state index contributed by atoms with van der Waals surface area (Å²) < 4.78 is 0. The minimum atomic E-state index is -0.153. The first-order chi connectivity index (χ1) is 6.92. The van der Waals surface area contributed by atoms with E-state index in [0.717, 1.165) is 9.75 Å². The molecule has 70 valence electrons. The first kappa shape index (κ1) is 9.27. The smallest absolute Gasteiger partial charge is 0.106 e. The molecular formula is C9H7N3S2. The maximum atomic E-state index is 8.50. The predicted molar refractivity (Wildman–Crippen MR) is 59.6 cm³/mol. The fourth-order valence-corrected chi connectivity index (χ4v) is 2.82. The lowest BCUT2D eigenvalue weighted by Gasteiger charge is -2.04. The van der Waals surface area contributed by atoms with Crippen molar-refractivity contribution in [2.45, 2.75) is 6.04 Å². The molecule has 2 aromatic heterocycles. The monoisotopic (exact) mass is 221 g/mol. The van der Waals surface area contributed by atoms with Crippen molar-refractivity contribution >= 4 is 22.7 Å². The van der Waals surface area contributed by atoms with Crippen molar-refractivity contribution < 1.29 is 0 Å². The standard InChI is InChI=1S/C9H7N3S2/c10-12-11-9(7-3-1-5-13-7)8-4-2-6-14-8/h1-6,9H. The molecule has 0 fully saturated rings. The van der Waals surface area contributed by atoms with E-state index in [2.05, 4.69) is 10.0 Å². The van der Waals surface area contributed by atoms with Gasteiger partial charge in [0, 0.05) is 14.7 Å². The second-order valence-corrected chi connectivity index (χ2v) is 4.60. The molecule has 2 rings (SSSR count). The van der Waals surface area contributed by atoms with E-state index in [1.807, 2.05) is 35.0 Å². The van der Waals surface area contributed by atoms with Crippen molar-refractivity contribution in [2.75, 3.05) is 0 Å². The summed E-state index contributed by atoms with van der Waals surface area (Å²) in [4.78, 5) is 5.06. The van der Waals surface area contributed by atoms with Crippen molar-refractivity contribution in [1.29, 1.82) is 0 Å². The number of rotatable bonds is 3. The van der Waals surface area contributed by atoms with Gasteiger partial charge in [0.2, 0.25) is 0 Å². The molecule has 0 aromatic carbocycles. The summed E-state index contributed by atoms with van der Waals surface area (Å²) in [6, 6.07) is 7.76. The topological polar surface area (TPSA) is 48.8 Å². The number of hydrogen-bond donors (Lipinski definition) is 0. The van der Waals surface area contributed by atoms with Crippen LogP contribution in [-0.4, -0.2) is 0 Å². The van der Waals surface area contributed by atoms with E-state index >= 15 is 0 Å². The van der Waals surface area contributed by atoms with Crippen LogP contribution in [0.25, 0.3) is 10.4 Å². The van der Waals surface area contributed by atoms with Gasteiger partial charge in [0.25, 0.3) is 0 Å². The van der Waals surface area contributed by atoms with Gasteiger partial charge >= 0.3 is 0 Å². The molecule has 0 aliphatic heterocycles. The number of hydrogen-bond acceptors (Lipinski definition) is 3. The molecule has 3 nitrogen and oxygen atoms in total. The Morgan fingerprint density at radius 1 is 1.14 bits per heavy atom. The lowest BCUT2D eigenvalue weighted by molar-refractivity contribution is 0.902. The highest BCUT2D eigenvalue weighted by molar-refractivity contribution is 7.11. The van der Waals surface area contributed by atoms with Gasteiger partial charge in [-0.3, -0.25) is 0 Å². The van der Waals surface area contributed by atoms with Gasteiger partial charge in [-0.05, 0) is 28.4 Å². The zero-order valence-electron chi connectivity index (χ0n) is 7.20. The van der Waals surface area contributed by atoms with Crippen molar-refractivity contribution in [3.05, 3.63) is 55.2 Å². The Bertz CT molecular complexity index is 392. The molecule has 2 heterocycles. The molecular weight excluding hydrogens is 214 g/mol. The first-order valence-electron chi connectivity index (χ1n) is 4.03. The highest BCUT2D eigenvalue weighted by Gasteiger charge is 2.13.